The Morgan fingerprint density at radius 2 is 2.09 bits per heavy atom. The fraction of sp³-hybridized carbons (Fsp3) is 0.375. The highest BCUT2D eigenvalue weighted by Gasteiger charge is 2.62. The van der Waals surface area contributed by atoms with Crippen LogP contribution < -0.4 is 10.2 Å². The van der Waals surface area contributed by atoms with E-state index in [1.165, 1.54) is 0 Å². The molecular weight excluding hydrogens is 459 g/mol. The van der Waals surface area contributed by atoms with Crippen LogP contribution in [-0.2, 0) is 25.5 Å². The SMILES string of the molecule is C[C@@H]1CN2c3c(cc4c(-c5ccccn5)nsc4c3F)CC3(C(=O)CC(=O)NC3=O)[C@H]2[C@H](C)O1. The molecule has 1 aromatic carbocycles. The van der Waals surface area contributed by atoms with Gasteiger partial charge in [-0.3, -0.25) is 24.7 Å². The van der Waals surface area contributed by atoms with Crippen molar-refractivity contribution >= 4 is 44.9 Å². The van der Waals surface area contributed by atoms with Crippen molar-refractivity contribution < 1.29 is 23.5 Å². The van der Waals surface area contributed by atoms with Crippen LogP contribution in [0, 0.1) is 11.2 Å². The lowest BCUT2D eigenvalue weighted by atomic mass is 9.63. The summed E-state index contributed by atoms with van der Waals surface area (Å²) in [6.45, 7) is 3.98. The van der Waals surface area contributed by atoms with Gasteiger partial charge in [0.1, 0.15) is 11.1 Å². The number of ketones is 1. The number of pyridine rings is 1. The molecule has 2 aromatic heterocycles. The zero-order valence-corrected chi connectivity index (χ0v) is 19.3. The van der Waals surface area contributed by atoms with Crippen molar-refractivity contribution in [1.29, 1.82) is 0 Å². The summed E-state index contributed by atoms with van der Waals surface area (Å²) >= 11 is 1.06. The Kier molecular flexibility index (Phi) is 4.62. The van der Waals surface area contributed by atoms with Crippen LogP contribution in [0.15, 0.2) is 30.5 Å². The Balaban J connectivity index is 1.61. The molecule has 1 unspecified atom stereocenters. The van der Waals surface area contributed by atoms with Crippen LogP contribution in [-0.4, -0.2) is 51.7 Å². The number of rotatable bonds is 1. The normalized spacial score (nSPS) is 28.7. The molecule has 34 heavy (non-hydrogen) atoms. The predicted octanol–water partition coefficient (Wildman–Crippen LogP) is 2.64. The van der Waals surface area contributed by atoms with Gasteiger partial charge >= 0.3 is 0 Å². The number of nitrogens with one attached hydrogen (secondary N) is 1. The van der Waals surface area contributed by atoms with E-state index in [-0.39, 0.29) is 12.5 Å². The highest BCUT2D eigenvalue weighted by atomic mass is 32.1. The van der Waals surface area contributed by atoms with Gasteiger partial charge in [-0.05, 0) is 55.6 Å². The zero-order valence-electron chi connectivity index (χ0n) is 18.5. The summed E-state index contributed by atoms with van der Waals surface area (Å²) in [5, 5.41) is 2.94. The quantitative estimate of drug-likeness (QED) is 0.422. The molecule has 2 fully saturated rings. The van der Waals surface area contributed by atoms with E-state index in [9.17, 15) is 14.4 Å². The fourth-order valence-electron chi connectivity index (χ4n) is 5.83. The lowest BCUT2D eigenvalue weighted by molar-refractivity contribution is -0.158. The van der Waals surface area contributed by atoms with Crippen LogP contribution in [0.5, 0.6) is 0 Å². The molecule has 0 radical (unpaired) electrons. The number of carbonyl (C=O) groups excluding carboxylic acids is 3. The number of Topliss-reactive ketones (excluding diaryl/α,β-unsaturated/α-hetero) is 1. The Hall–Kier alpha value is -3.24. The number of aromatic nitrogens is 2. The molecule has 1 spiro atoms. The van der Waals surface area contributed by atoms with E-state index in [0.29, 0.717) is 39.3 Å². The number of nitrogens with zero attached hydrogens (tertiary/aromatic N) is 3. The van der Waals surface area contributed by atoms with Crippen molar-refractivity contribution in [2.24, 2.45) is 5.41 Å². The van der Waals surface area contributed by atoms with Gasteiger partial charge in [-0.2, -0.15) is 4.37 Å². The minimum Gasteiger partial charge on any atom is -0.372 e. The highest BCUT2D eigenvalue weighted by Crippen LogP contribution is 2.50. The Labute approximate surface area is 198 Å². The van der Waals surface area contributed by atoms with Gasteiger partial charge < -0.3 is 9.64 Å². The summed E-state index contributed by atoms with van der Waals surface area (Å²) in [5.41, 5.74) is 0.533. The number of fused-ring (bicyclic) bond motifs is 5. The van der Waals surface area contributed by atoms with E-state index in [1.54, 1.807) is 30.2 Å². The first-order valence-corrected chi connectivity index (χ1v) is 11.9. The summed E-state index contributed by atoms with van der Waals surface area (Å²) in [5.74, 6) is -2.14. The second kappa shape index (κ2) is 7.38. The summed E-state index contributed by atoms with van der Waals surface area (Å²) < 4.78 is 27.0. The number of benzene rings is 1. The number of hydrogen-bond donors (Lipinski definition) is 1. The van der Waals surface area contributed by atoms with Crippen molar-refractivity contribution in [2.75, 3.05) is 11.4 Å². The minimum atomic E-state index is -1.55. The molecule has 0 saturated carbocycles. The molecule has 3 aliphatic heterocycles. The molecule has 2 amide bonds. The van der Waals surface area contributed by atoms with Crippen molar-refractivity contribution in [1.82, 2.24) is 14.7 Å². The molecule has 6 rings (SSSR count). The summed E-state index contributed by atoms with van der Waals surface area (Å²) in [7, 11) is 0. The first-order valence-electron chi connectivity index (χ1n) is 11.1. The van der Waals surface area contributed by atoms with Gasteiger partial charge in [0.05, 0.1) is 40.8 Å². The number of morpholine rings is 1. The molecule has 174 valence electrons. The molecule has 1 N–H and O–H groups in total. The molecular formula is C24H21FN4O4S. The van der Waals surface area contributed by atoms with Gasteiger partial charge in [-0.25, -0.2) is 4.39 Å². The summed E-state index contributed by atoms with van der Waals surface area (Å²) in [6.07, 6.45) is 0.470. The van der Waals surface area contributed by atoms with E-state index in [4.69, 9.17) is 4.74 Å². The van der Waals surface area contributed by atoms with E-state index < -0.39 is 47.4 Å². The molecule has 5 heterocycles. The van der Waals surface area contributed by atoms with E-state index in [0.717, 1.165) is 11.5 Å². The van der Waals surface area contributed by atoms with Crippen LogP contribution in [0.25, 0.3) is 21.5 Å². The second-order valence-corrected chi connectivity index (χ2v) is 9.97. The third-order valence-electron chi connectivity index (χ3n) is 7.08. The van der Waals surface area contributed by atoms with E-state index >= 15 is 4.39 Å². The van der Waals surface area contributed by atoms with E-state index in [2.05, 4.69) is 14.7 Å². The first-order chi connectivity index (χ1) is 16.3. The maximum absolute atomic E-state index is 16.1. The minimum absolute atomic E-state index is 0.0199. The number of carbonyl (C=O) groups is 3. The van der Waals surface area contributed by atoms with Crippen molar-refractivity contribution in [3.8, 4) is 11.4 Å². The van der Waals surface area contributed by atoms with Crippen LogP contribution in [0.4, 0.5) is 10.1 Å². The molecule has 4 atom stereocenters. The molecule has 0 aliphatic carbocycles. The zero-order chi connectivity index (χ0) is 23.8. The fourth-order valence-corrected chi connectivity index (χ4v) is 6.64. The van der Waals surface area contributed by atoms with Crippen LogP contribution in [0.2, 0.25) is 0 Å². The molecule has 2 saturated heterocycles. The van der Waals surface area contributed by atoms with Crippen LogP contribution in [0.1, 0.15) is 25.8 Å². The van der Waals surface area contributed by atoms with Crippen LogP contribution in [0.3, 0.4) is 0 Å². The number of amides is 2. The largest absolute Gasteiger partial charge is 0.372 e. The topological polar surface area (TPSA) is 101 Å². The third-order valence-corrected chi connectivity index (χ3v) is 7.94. The number of imide groups is 1. The molecule has 10 heteroatoms. The van der Waals surface area contributed by atoms with Gasteiger partial charge in [0, 0.05) is 18.1 Å². The summed E-state index contributed by atoms with van der Waals surface area (Å²) in [4.78, 5) is 44.8. The second-order valence-electron chi connectivity index (χ2n) is 9.20. The Bertz CT molecular complexity index is 1350. The van der Waals surface area contributed by atoms with Crippen molar-refractivity contribution in [2.45, 2.75) is 44.9 Å². The smallest absolute Gasteiger partial charge is 0.242 e. The molecule has 3 aliphatic rings. The highest BCUT2D eigenvalue weighted by molar-refractivity contribution is 7.13. The standard InChI is InChI=1S/C24H21FN4O4S/c1-11-10-29-20-13(7-14-19(15-5-3-4-6-26-15)28-34-21(14)18(20)25)9-24(22(29)12(2)33-11)16(30)8-17(31)27-23(24)32/h3-7,11-12,22H,8-10H2,1-2H3,(H,27,31,32)/t11-,12+,22-,24?/m1/s1. The number of halogens is 1. The molecule has 3 aromatic rings. The lowest BCUT2D eigenvalue weighted by Gasteiger charge is -2.55. The van der Waals surface area contributed by atoms with Crippen LogP contribution >= 0.6 is 11.5 Å². The van der Waals surface area contributed by atoms with E-state index in [1.807, 2.05) is 19.1 Å². The van der Waals surface area contributed by atoms with Gasteiger partial charge in [0.2, 0.25) is 11.8 Å². The van der Waals surface area contributed by atoms with Crippen molar-refractivity contribution in [3.05, 3.63) is 41.8 Å². The number of anilines is 1. The maximum atomic E-state index is 16.1. The number of hydrogen-bond acceptors (Lipinski definition) is 8. The lowest BCUT2D eigenvalue weighted by Crippen LogP contribution is -2.72. The van der Waals surface area contributed by atoms with Gasteiger partial charge in [0.15, 0.2) is 11.6 Å². The summed E-state index contributed by atoms with van der Waals surface area (Å²) in [6, 6.07) is 6.52. The Morgan fingerprint density at radius 3 is 2.82 bits per heavy atom. The Morgan fingerprint density at radius 1 is 1.26 bits per heavy atom. The molecule has 8 nitrogen and oxygen atoms in total. The number of piperidine rings is 1. The third kappa shape index (κ3) is 2.81. The number of ether oxygens (including phenoxy) is 1. The van der Waals surface area contributed by atoms with Crippen molar-refractivity contribution in [3.63, 3.8) is 0 Å². The maximum Gasteiger partial charge on any atom is 0.242 e. The van der Waals surface area contributed by atoms with Gasteiger partial charge in [-0.1, -0.05) is 6.07 Å². The first kappa shape index (κ1) is 21.3. The monoisotopic (exact) mass is 480 g/mol. The predicted molar refractivity (Wildman–Crippen MR) is 123 cm³/mol. The van der Waals surface area contributed by atoms with Gasteiger partial charge in [-0.15, -0.1) is 0 Å². The van der Waals surface area contributed by atoms with Gasteiger partial charge in [0.25, 0.3) is 0 Å². The average Bonchev–Trinajstić information content (AvgIpc) is 3.21. The molecule has 0 bridgehead atoms. The average molecular weight is 481 g/mol.